The number of nitrogens with two attached hydrogens (primary N) is 1. The molecule has 6 nitrogen and oxygen atoms in total. The highest BCUT2D eigenvalue weighted by Gasteiger charge is 2.10. The minimum absolute atomic E-state index is 0.0273. The number of carbonyl (C=O) groups is 1. The van der Waals surface area contributed by atoms with Crippen LogP contribution in [0.25, 0.3) is 0 Å². The van der Waals surface area contributed by atoms with Crippen LogP contribution in [0.5, 0.6) is 5.75 Å². The molecule has 92 valence electrons. The van der Waals surface area contributed by atoms with E-state index in [0.29, 0.717) is 5.75 Å². The molecule has 0 aliphatic heterocycles. The van der Waals surface area contributed by atoms with Crippen LogP contribution in [0.15, 0.2) is 35.5 Å². The Bertz CT molecular complexity index is 392. The quantitative estimate of drug-likeness (QED) is 0.333. The lowest BCUT2D eigenvalue weighted by Gasteiger charge is -2.16. The number of hydrogen-bond donors (Lipinski definition) is 2. The molecular weight excluding hydrogens is 222 g/mol. The predicted molar refractivity (Wildman–Crippen MR) is 63.0 cm³/mol. The number of likely N-dealkylation sites (N-methyl/N-ethyl adjacent to an activating group) is 1. The fourth-order valence-corrected chi connectivity index (χ4v) is 1.13. The summed E-state index contributed by atoms with van der Waals surface area (Å²) in [7, 11) is 1.55. The minimum atomic E-state index is -0.250. The number of benzene rings is 1. The van der Waals surface area contributed by atoms with Crippen molar-refractivity contribution in [2.24, 2.45) is 10.9 Å². The zero-order valence-electron chi connectivity index (χ0n) is 9.54. The molecule has 0 bridgehead atoms. The zero-order chi connectivity index (χ0) is 12.7. The Morgan fingerprint density at radius 1 is 1.47 bits per heavy atom. The first-order valence-corrected chi connectivity index (χ1v) is 5.01. The summed E-state index contributed by atoms with van der Waals surface area (Å²) in [5.41, 5.74) is 5.28. The molecule has 1 rings (SSSR count). The van der Waals surface area contributed by atoms with Gasteiger partial charge in [0.05, 0.1) is 6.54 Å². The molecule has 1 amide bonds. The number of amidine groups is 1. The molecule has 0 aliphatic carbocycles. The van der Waals surface area contributed by atoms with Crippen molar-refractivity contribution in [3.63, 3.8) is 0 Å². The Balaban J connectivity index is 2.39. The monoisotopic (exact) mass is 237 g/mol. The summed E-state index contributed by atoms with van der Waals surface area (Å²) in [6.07, 6.45) is 0. The largest absolute Gasteiger partial charge is 0.484 e. The van der Waals surface area contributed by atoms with Crippen LogP contribution in [0.2, 0.25) is 0 Å². The maximum Gasteiger partial charge on any atom is 0.260 e. The SMILES string of the molecule is CN(CC(N)=NO)C(=O)COc1ccccc1. The van der Waals surface area contributed by atoms with Crippen molar-refractivity contribution in [2.45, 2.75) is 0 Å². The van der Waals surface area contributed by atoms with Crippen LogP contribution in [0.1, 0.15) is 0 Å². The third kappa shape index (κ3) is 4.42. The van der Waals surface area contributed by atoms with Gasteiger partial charge in [-0.25, -0.2) is 0 Å². The smallest absolute Gasteiger partial charge is 0.260 e. The third-order valence-corrected chi connectivity index (χ3v) is 2.06. The molecular formula is C11H15N3O3. The molecule has 0 aliphatic rings. The first-order chi connectivity index (χ1) is 8.13. The van der Waals surface area contributed by atoms with Crippen LogP contribution >= 0.6 is 0 Å². The number of para-hydroxylation sites is 1. The number of nitrogens with zero attached hydrogens (tertiary/aromatic N) is 2. The zero-order valence-corrected chi connectivity index (χ0v) is 9.54. The second-order valence-corrected chi connectivity index (χ2v) is 3.44. The van der Waals surface area contributed by atoms with Gasteiger partial charge >= 0.3 is 0 Å². The van der Waals surface area contributed by atoms with Crippen LogP contribution in [0.4, 0.5) is 0 Å². The fraction of sp³-hybridized carbons (Fsp3) is 0.273. The van der Waals surface area contributed by atoms with Crippen LogP contribution in [0, 0.1) is 0 Å². The molecule has 1 aromatic carbocycles. The summed E-state index contributed by atoms with van der Waals surface area (Å²) in [5.74, 6) is 0.346. The van der Waals surface area contributed by atoms with Crippen LogP contribution in [-0.2, 0) is 4.79 Å². The molecule has 1 aromatic rings. The average Bonchev–Trinajstić information content (AvgIpc) is 2.36. The van der Waals surface area contributed by atoms with Gasteiger partial charge in [0.15, 0.2) is 12.4 Å². The first kappa shape index (κ1) is 12.8. The van der Waals surface area contributed by atoms with E-state index in [-0.39, 0.29) is 24.9 Å². The first-order valence-electron chi connectivity index (χ1n) is 5.01. The number of carbonyl (C=O) groups excluding carboxylic acids is 1. The average molecular weight is 237 g/mol. The van der Waals surface area contributed by atoms with Crippen LogP contribution in [0.3, 0.4) is 0 Å². The number of rotatable bonds is 5. The van der Waals surface area contributed by atoms with E-state index in [2.05, 4.69) is 5.16 Å². The van der Waals surface area contributed by atoms with Crippen molar-refractivity contribution in [1.29, 1.82) is 0 Å². The van der Waals surface area contributed by atoms with E-state index in [4.69, 9.17) is 15.7 Å². The number of oxime groups is 1. The van der Waals surface area contributed by atoms with E-state index in [0.717, 1.165) is 0 Å². The summed E-state index contributed by atoms with van der Waals surface area (Å²) >= 11 is 0. The maximum atomic E-state index is 11.6. The number of amides is 1. The molecule has 0 fully saturated rings. The lowest BCUT2D eigenvalue weighted by atomic mass is 10.3. The standard InChI is InChI=1S/C11H15N3O3/c1-14(7-10(12)13-16)11(15)8-17-9-5-3-2-4-6-9/h2-6,16H,7-8H2,1H3,(H2,12,13). The maximum absolute atomic E-state index is 11.6. The van der Waals surface area contributed by atoms with E-state index in [9.17, 15) is 4.79 Å². The van der Waals surface area contributed by atoms with Crippen molar-refractivity contribution in [1.82, 2.24) is 4.90 Å². The van der Waals surface area contributed by atoms with Gasteiger partial charge in [0.2, 0.25) is 0 Å². The summed E-state index contributed by atoms with van der Waals surface area (Å²) in [6, 6.07) is 9.02. The molecule has 0 saturated heterocycles. The molecule has 0 spiro atoms. The predicted octanol–water partition coefficient (Wildman–Crippen LogP) is 0.270. The molecule has 0 aromatic heterocycles. The van der Waals surface area contributed by atoms with Gasteiger partial charge < -0.3 is 20.6 Å². The molecule has 0 heterocycles. The van der Waals surface area contributed by atoms with Crippen LogP contribution < -0.4 is 10.5 Å². The van der Waals surface area contributed by atoms with E-state index >= 15 is 0 Å². The second kappa shape index (κ2) is 6.37. The van der Waals surface area contributed by atoms with Gasteiger partial charge in [0, 0.05) is 7.05 Å². The van der Waals surface area contributed by atoms with Crippen molar-refractivity contribution in [3.8, 4) is 5.75 Å². The van der Waals surface area contributed by atoms with Crippen molar-refractivity contribution in [3.05, 3.63) is 30.3 Å². The molecule has 0 unspecified atom stereocenters. The van der Waals surface area contributed by atoms with Gasteiger partial charge in [0.1, 0.15) is 5.75 Å². The van der Waals surface area contributed by atoms with Crippen molar-refractivity contribution >= 4 is 11.7 Å². The van der Waals surface area contributed by atoms with Crippen molar-refractivity contribution in [2.75, 3.05) is 20.2 Å². The molecule has 17 heavy (non-hydrogen) atoms. The topological polar surface area (TPSA) is 88.1 Å². The van der Waals surface area contributed by atoms with E-state index in [1.165, 1.54) is 4.90 Å². The number of ether oxygens (including phenoxy) is 1. The summed E-state index contributed by atoms with van der Waals surface area (Å²) in [6.45, 7) is -0.0211. The van der Waals surface area contributed by atoms with Gasteiger partial charge in [-0.1, -0.05) is 23.4 Å². The summed E-state index contributed by atoms with van der Waals surface area (Å²) in [4.78, 5) is 12.9. The Morgan fingerprint density at radius 3 is 2.71 bits per heavy atom. The Morgan fingerprint density at radius 2 is 2.12 bits per heavy atom. The lowest BCUT2D eigenvalue weighted by Crippen LogP contribution is -2.38. The fourth-order valence-electron chi connectivity index (χ4n) is 1.13. The third-order valence-electron chi connectivity index (χ3n) is 2.06. The van der Waals surface area contributed by atoms with Gasteiger partial charge in [-0.15, -0.1) is 0 Å². The highest BCUT2D eigenvalue weighted by atomic mass is 16.5. The molecule has 6 heteroatoms. The Kier molecular flexibility index (Phi) is 4.80. The molecule has 0 radical (unpaired) electrons. The van der Waals surface area contributed by atoms with Gasteiger partial charge in [-0.05, 0) is 12.1 Å². The second-order valence-electron chi connectivity index (χ2n) is 3.44. The Hall–Kier alpha value is -2.24. The van der Waals surface area contributed by atoms with E-state index in [1.807, 2.05) is 18.2 Å². The van der Waals surface area contributed by atoms with E-state index in [1.54, 1.807) is 19.2 Å². The summed E-state index contributed by atoms with van der Waals surface area (Å²) in [5, 5.41) is 11.2. The molecule has 3 N–H and O–H groups in total. The van der Waals surface area contributed by atoms with Gasteiger partial charge in [-0.3, -0.25) is 4.79 Å². The van der Waals surface area contributed by atoms with Crippen LogP contribution in [-0.4, -0.2) is 42.0 Å². The van der Waals surface area contributed by atoms with Gasteiger partial charge in [-0.2, -0.15) is 0 Å². The summed E-state index contributed by atoms with van der Waals surface area (Å²) < 4.78 is 5.27. The van der Waals surface area contributed by atoms with Crippen molar-refractivity contribution < 1.29 is 14.7 Å². The normalized spacial score (nSPS) is 11.0. The molecule has 0 saturated carbocycles. The molecule has 0 atom stereocenters. The Labute approximate surface area is 99.3 Å². The lowest BCUT2D eigenvalue weighted by molar-refractivity contribution is -0.131. The highest BCUT2D eigenvalue weighted by molar-refractivity contribution is 5.87. The minimum Gasteiger partial charge on any atom is -0.484 e. The van der Waals surface area contributed by atoms with Gasteiger partial charge in [0.25, 0.3) is 5.91 Å². The highest BCUT2D eigenvalue weighted by Crippen LogP contribution is 2.07. The van der Waals surface area contributed by atoms with E-state index < -0.39 is 0 Å². The number of hydrogen-bond acceptors (Lipinski definition) is 4.